The van der Waals surface area contributed by atoms with Gasteiger partial charge in [0, 0.05) is 6.54 Å². The van der Waals surface area contributed by atoms with Gasteiger partial charge in [0.15, 0.2) is 0 Å². The Labute approximate surface area is 60.0 Å². The van der Waals surface area contributed by atoms with Crippen LogP contribution in [0, 0.1) is 5.92 Å². The zero-order chi connectivity index (χ0) is 7.14. The Bertz CT molecular complexity index is 169. The molecule has 1 amide bonds. The van der Waals surface area contributed by atoms with Gasteiger partial charge in [-0.1, -0.05) is 6.92 Å². The quantitative estimate of drug-likeness (QED) is 0.500. The third kappa shape index (κ3) is 0.696. The molecule has 0 saturated carbocycles. The van der Waals surface area contributed by atoms with Crippen LogP contribution in [0.4, 0.5) is 4.79 Å². The smallest absolute Gasteiger partial charge is 0.410 e. The number of ether oxygens (including phenoxy) is 1. The van der Waals surface area contributed by atoms with Gasteiger partial charge in [-0.15, -0.1) is 0 Å². The van der Waals surface area contributed by atoms with Crippen molar-refractivity contribution >= 4 is 6.09 Å². The van der Waals surface area contributed by atoms with E-state index in [2.05, 4.69) is 6.92 Å². The zero-order valence-corrected chi connectivity index (χ0v) is 6.04. The van der Waals surface area contributed by atoms with Crippen LogP contribution in [0.15, 0.2) is 0 Å². The van der Waals surface area contributed by atoms with Gasteiger partial charge in [0.25, 0.3) is 0 Å². The Morgan fingerprint density at radius 2 is 2.50 bits per heavy atom. The average molecular weight is 141 g/mol. The van der Waals surface area contributed by atoms with E-state index in [9.17, 15) is 4.79 Å². The van der Waals surface area contributed by atoms with E-state index in [1.165, 1.54) is 0 Å². The van der Waals surface area contributed by atoms with E-state index in [0.29, 0.717) is 18.6 Å². The molecule has 0 N–H and O–H groups in total. The third-order valence-electron chi connectivity index (χ3n) is 2.26. The predicted molar refractivity (Wildman–Crippen MR) is 35.6 cm³/mol. The van der Waals surface area contributed by atoms with Crippen LogP contribution >= 0.6 is 0 Å². The van der Waals surface area contributed by atoms with E-state index < -0.39 is 0 Å². The number of cyclic esters (lactones) is 1. The van der Waals surface area contributed by atoms with Crippen molar-refractivity contribution in [1.29, 1.82) is 0 Å². The normalized spacial score (nSPS) is 38.1. The van der Waals surface area contributed by atoms with Gasteiger partial charge in [-0.2, -0.15) is 0 Å². The first-order valence-corrected chi connectivity index (χ1v) is 3.71. The minimum absolute atomic E-state index is 0.116. The van der Waals surface area contributed by atoms with E-state index in [1.807, 2.05) is 4.90 Å². The van der Waals surface area contributed by atoms with Gasteiger partial charge in [0.05, 0.1) is 6.04 Å². The van der Waals surface area contributed by atoms with E-state index >= 15 is 0 Å². The molecule has 2 atom stereocenters. The molecule has 0 aliphatic carbocycles. The SMILES string of the molecule is C[C@@H]1C[C@H]2COC(=O)N2C1. The molecule has 2 saturated heterocycles. The highest BCUT2D eigenvalue weighted by molar-refractivity contribution is 5.70. The third-order valence-corrected chi connectivity index (χ3v) is 2.26. The van der Waals surface area contributed by atoms with Crippen LogP contribution < -0.4 is 0 Å². The first-order chi connectivity index (χ1) is 4.77. The molecule has 2 rings (SSSR count). The molecule has 0 aromatic heterocycles. The van der Waals surface area contributed by atoms with Gasteiger partial charge in [-0.25, -0.2) is 4.79 Å². The summed E-state index contributed by atoms with van der Waals surface area (Å²) in [4.78, 5) is 12.7. The Morgan fingerprint density at radius 1 is 1.70 bits per heavy atom. The maximum absolute atomic E-state index is 10.9. The van der Waals surface area contributed by atoms with Crippen molar-refractivity contribution in [3.8, 4) is 0 Å². The molecule has 2 aliphatic rings. The maximum atomic E-state index is 10.9. The van der Waals surface area contributed by atoms with Crippen molar-refractivity contribution in [2.45, 2.75) is 19.4 Å². The van der Waals surface area contributed by atoms with Crippen molar-refractivity contribution in [1.82, 2.24) is 4.90 Å². The van der Waals surface area contributed by atoms with Crippen molar-refractivity contribution in [2.24, 2.45) is 5.92 Å². The summed E-state index contributed by atoms with van der Waals surface area (Å²) < 4.78 is 4.86. The molecule has 2 aliphatic heterocycles. The highest BCUT2D eigenvalue weighted by atomic mass is 16.6. The van der Waals surface area contributed by atoms with Crippen molar-refractivity contribution < 1.29 is 9.53 Å². The fraction of sp³-hybridized carbons (Fsp3) is 0.857. The van der Waals surface area contributed by atoms with Gasteiger partial charge in [0.1, 0.15) is 6.61 Å². The lowest BCUT2D eigenvalue weighted by molar-refractivity contribution is 0.157. The van der Waals surface area contributed by atoms with Crippen LogP contribution in [0.5, 0.6) is 0 Å². The molecule has 0 aromatic rings. The van der Waals surface area contributed by atoms with Crippen LogP contribution in [0.25, 0.3) is 0 Å². The Kier molecular flexibility index (Phi) is 1.13. The number of carbonyl (C=O) groups excluding carboxylic acids is 1. The van der Waals surface area contributed by atoms with Crippen LogP contribution in [0.3, 0.4) is 0 Å². The second kappa shape index (κ2) is 1.87. The standard InChI is InChI=1S/C7H11NO2/c1-5-2-6-4-10-7(9)8(6)3-5/h5-6H,2-4H2,1H3/t5-,6+/m1/s1. The Hall–Kier alpha value is -0.730. The molecule has 56 valence electrons. The molecule has 0 aromatic carbocycles. The monoisotopic (exact) mass is 141 g/mol. The molecule has 0 radical (unpaired) electrons. The number of carbonyl (C=O) groups is 1. The topological polar surface area (TPSA) is 29.5 Å². The molecule has 10 heavy (non-hydrogen) atoms. The Morgan fingerprint density at radius 3 is 3.20 bits per heavy atom. The second-order valence-electron chi connectivity index (χ2n) is 3.22. The van der Waals surface area contributed by atoms with Gasteiger partial charge in [-0.3, -0.25) is 0 Å². The summed E-state index contributed by atoms with van der Waals surface area (Å²) >= 11 is 0. The lowest BCUT2D eigenvalue weighted by Gasteiger charge is -2.08. The highest BCUT2D eigenvalue weighted by Crippen LogP contribution is 2.27. The zero-order valence-electron chi connectivity index (χ0n) is 6.04. The van der Waals surface area contributed by atoms with Gasteiger partial charge in [-0.05, 0) is 12.3 Å². The first-order valence-electron chi connectivity index (χ1n) is 3.71. The van der Waals surface area contributed by atoms with Gasteiger partial charge >= 0.3 is 6.09 Å². The summed E-state index contributed by atoms with van der Waals surface area (Å²) in [6.45, 7) is 3.68. The molecule has 0 unspecified atom stereocenters. The van der Waals surface area contributed by atoms with E-state index in [-0.39, 0.29) is 6.09 Å². The van der Waals surface area contributed by atoms with E-state index in [1.54, 1.807) is 0 Å². The lowest BCUT2D eigenvalue weighted by Crippen LogP contribution is -2.27. The van der Waals surface area contributed by atoms with Crippen molar-refractivity contribution in [3.63, 3.8) is 0 Å². The summed E-state index contributed by atoms with van der Waals surface area (Å²) in [6, 6.07) is 0.391. The Balaban J connectivity index is 2.12. The highest BCUT2D eigenvalue weighted by Gasteiger charge is 2.39. The van der Waals surface area contributed by atoms with E-state index in [4.69, 9.17) is 4.74 Å². The van der Waals surface area contributed by atoms with Gasteiger partial charge < -0.3 is 9.64 Å². The molecule has 0 bridgehead atoms. The van der Waals surface area contributed by atoms with Crippen LogP contribution in [0.1, 0.15) is 13.3 Å². The van der Waals surface area contributed by atoms with Crippen LogP contribution in [-0.4, -0.2) is 30.2 Å². The summed E-state index contributed by atoms with van der Waals surface area (Å²) in [6.07, 6.45) is 1.00. The molecular weight excluding hydrogens is 130 g/mol. The molecule has 3 heteroatoms. The maximum Gasteiger partial charge on any atom is 0.410 e. The molecular formula is C7H11NO2. The summed E-state index contributed by atoms with van der Waals surface area (Å²) in [5.41, 5.74) is 0. The summed E-state index contributed by atoms with van der Waals surface area (Å²) in [7, 11) is 0. The average Bonchev–Trinajstić information content (AvgIpc) is 2.35. The predicted octanol–water partition coefficient (Wildman–Crippen LogP) is 0.847. The van der Waals surface area contributed by atoms with Crippen LogP contribution in [-0.2, 0) is 4.74 Å². The fourth-order valence-corrected chi connectivity index (χ4v) is 1.78. The summed E-state index contributed by atoms with van der Waals surface area (Å²) in [5, 5.41) is 0. The second-order valence-corrected chi connectivity index (χ2v) is 3.22. The molecule has 2 heterocycles. The number of hydrogen-bond donors (Lipinski definition) is 0. The fourth-order valence-electron chi connectivity index (χ4n) is 1.78. The molecule has 0 spiro atoms. The van der Waals surface area contributed by atoms with E-state index in [0.717, 1.165) is 13.0 Å². The molecule has 2 fully saturated rings. The molecule has 3 nitrogen and oxygen atoms in total. The summed E-state index contributed by atoms with van der Waals surface area (Å²) in [5.74, 6) is 0.665. The van der Waals surface area contributed by atoms with Crippen molar-refractivity contribution in [3.05, 3.63) is 0 Å². The number of nitrogens with zero attached hydrogens (tertiary/aromatic N) is 1. The van der Waals surface area contributed by atoms with Gasteiger partial charge in [0.2, 0.25) is 0 Å². The lowest BCUT2D eigenvalue weighted by atomic mass is 10.1. The number of fused-ring (bicyclic) bond motifs is 1. The number of rotatable bonds is 0. The van der Waals surface area contributed by atoms with Crippen LogP contribution in [0.2, 0.25) is 0 Å². The first kappa shape index (κ1) is 6.01. The minimum atomic E-state index is -0.116. The minimum Gasteiger partial charge on any atom is -0.447 e. The number of hydrogen-bond acceptors (Lipinski definition) is 2. The largest absolute Gasteiger partial charge is 0.447 e. The number of amides is 1. The van der Waals surface area contributed by atoms with Crippen molar-refractivity contribution in [2.75, 3.05) is 13.2 Å².